The second kappa shape index (κ2) is 12.5. The number of nitrogens with zero attached hydrogens (tertiary/aromatic N) is 1. The van der Waals surface area contributed by atoms with Crippen LogP contribution in [0.5, 0.6) is 0 Å². The summed E-state index contributed by atoms with van der Waals surface area (Å²) >= 11 is 1.99. The summed E-state index contributed by atoms with van der Waals surface area (Å²) < 4.78 is 4.86. The fraction of sp³-hybridized carbons (Fsp3) is 0.833. The molecule has 1 atom stereocenters. The van der Waals surface area contributed by atoms with Crippen LogP contribution in [0.1, 0.15) is 12.8 Å². The molecule has 0 aromatic carbocycles. The highest BCUT2D eigenvalue weighted by Gasteiger charge is 2.15. The molecule has 1 heterocycles. The van der Waals surface area contributed by atoms with Crippen LogP contribution in [0.15, 0.2) is 4.99 Å². The minimum Gasteiger partial charge on any atom is -0.383 e. The van der Waals surface area contributed by atoms with Crippen LogP contribution in [-0.4, -0.2) is 63.3 Å². The van der Waals surface area contributed by atoms with Crippen LogP contribution in [0, 0.1) is 0 Å². The summed E-state index contributed by atoms with van der Waals surface area (Å²) in [5.41, 5.74) is 0. The molecule has 1 aliphatic rings. The Bertz CT molecular complexity index is 299. The Morgan fingerprint density at radius 1 is 1.40 bits per heavy atom. The zero-order chi connectivity index (χ0) is 13.9. The number of halogens is 1. The smallest absolute Gasteiger partial charge is 0.239 e. The van der Waals surface area contributed by atoms with Crippen molar-refractivity contribution in [2.75, 3.05) is 46.2 Å². The first-order valence-corrected chi connectivity index (χ1v) is 7.63. The highest BCUT2D eigenvalue weighted by Crippen LogP contribution is 2.25. The Morgan fingerprint density at radius 2 is 2.20 bits per heavy atom. The molecule has 3 N–H and O–H groups in total. The molecule has 118 valence electrons. The van der Waals surface area contributed by atoms with Gasteiger partial charge in [-0.25, -0.2) is 0 Å². The molecular formula is C12H25IN4O2S. The molecule has 1 saturated heterocycles. The van der Waals surface area contributed by atoms with Gasteiger partial charge < -0.3 is 20.7 Å². The Labute approximate surface area is 142 Å². The molecule has 1 rings (SSSR count). The summed E-state index contributed by atoms with van der Waals surface area (Å²) in [7, 11) is 3.32. The highest BCUT2D eigenvalue weighted by atomic mass is 127. The van der Waals surface area contributed by atoms with Gasteiger partial charge in [0.25, 0.3) is 0 Å². The summed E-state index contributed by atoms with van der Waals surface area (Å²) in [6, 6.07) is 0. The first kappa shape index (κ1) is 19.8. The van der Waals surface area contributed by atoms with E-state index in [1.165, 1.54) is 18.6 Å². The van der Waals surface area contributed by atoms with E-state index < -0.39 is 0 Å². The van der Waals surface area contributed by atoms with Gasteiger partial charge in [0.15, 0.2) is 5.96 Å². The van der Waals surface area contributed by atoms with Gasteiger partial charge in [-0.3, -0.25) is 9.79 Å². The largest absolute Gasteiger partial charge is 0.383 e. The number of amides is 1. The standard InChI is InChI=1S/C12H24N4O2S.HI/c1-13-12(15-8-10-4-3-7-19-10)16-9-11(17)14-5-6-18-2;/h10H,3-9H2,1-2H3,(H,14,17)(H2,13,15,16);1H. The van der Waals surface area contributed by atoms with Crippen molar-refractivity contribution in [1.29, 1.82) is 0 Å². The van der Waals surface area contributed by atoms with Crippen LogP contribution >= 0.6 is 35.7 Å². The van der Waals surface area contributed by atoms with E-state index in [1.807, 2.05) is 11.8 Å². The molecular weight excluding hydrogens is 391 g/mol. The number of methoxy groups -OCH3 is 1. The van der Waals surface area contributed by atoms with Crippen LogP contribution < -0.4 is 16.0 Å². The lowest BCUT2D eigenvalue weighted by Gasteiger charge is -2.14. The summed E-state index contributed by atoms with van der Waals surface area (Å²) in [6.07, 6.45) is 2.55. The van der Waals surface area contributed by atoms with E-state index in [0.29, 0.717) is 24.4 Å². The van der Waals surface area contributed by atoms with Gasteiger partial charge in [0, 0.05) is 32.5 Å². The number of ether oxygens (including phenoxy) is 1. The second-order valence-corrected chi connectivity index (χ2v) is 5.69. The molecule has 0 bridgehead atoms. The maximum absolute atomic E-state index is 11.5. The lowest BCUT2D eigenvalue weighted by Crippen LogP contribution is -2.45. The van der Waals surface area contributed by atoms with Gasteiger partial charge in [-0.05, 0) is 18.6 Å². The lowest BCUT2D eigenvalue weighted by molar-refractivity contribution is -0.120. The maximum Gasteiger partial charge on any atom is 0.239 e. The number of guanidine groups is 1. The molecule has 20 heavy (non-hydrogen) atoms. The summed E-state index contributed by atoms with van der Waals surface area (Å²) in [5.74, 6) is 1.87. The second-order valence-electron chi connectivity index (χ2n) is 4.28. The van der Waals surface area contributed by atoms with Crippen molar-refractivity contribution in [3.8, 4) is 0 Å². The predicted molar refractivity (Wildman–Crippen MR) is 95.1 cm³/mol. The number of carbonyl (C=O) groups excluding carboxylic acids is 1. The Kier molecular flexibility index (Phi) is 12.4. The molecule has 0 saturated carbocycles. The van der Waals surface area contributed by atoms with E-state index in [1.54, 1.807) is 14.2 Å². The topological polar surface area (TPSA) is 74.8 Å². The van der Waals surface area contributed by atoms with Crippen LogP contribution in [0.2, 0.25) is 0 Å². The van der Waals surface area contributed by atoms with E-state index >= 15 is 0 Å². The third-order valence-electron chi connectivity index (χ3n) is 2.79. The first-order chi connectivity index (χ1) is 9.26. The third kappa shape index (κ3) is 8.85. The summed E-state index contributed by atoms with van der Waals surface area (Å²) in [5, 5.41) is 9.65. The Hall–Kier alpha value is -0.220. The third-order valence-corrected chi connectivity index (χ3v) is 4.19. The molecule has 1 unspecified atom stereocenters. The van der Waals surface area contributed by atoms with Crippen LogP contribution in [0.4, 0.5) is 0 Å². The van der Waals surface area contributed by atoms with Crippen molar-refractivity contribution >= 4 is 47.6 Å². The Morgan fingerprint density at radius 3 is 2.80 bits per heavy atom. The lowest BCUT2D eigenvalue weighted by atomic mass is 10.2. The average Bonchev–Trinajstić information content (AvgIpc) is 2.92. The van der Waals surface area contributed by atoms with Gasteiger partial charge in [-0.2, -0.15) is 11.8 Å². The number of rotatable bonds is 7. The van der Waals surface area contributed by atoms with Crippen LogP contribution in [0.3, 0.4) is 0 Å². The first-order valence-electron chi connectivity index (χ1n) is 6.58. The van der Waals surface area contributed by atoms with Crippen molar-refractivity contribution in [1.82, 2.24) is 16.0 Å². The van der Waals surface area contributed by atoms with Crippen molar-refractivity contribution in [2.24, 2.45) is 4.99 Å². The maximum atomic E-state index is 11.5. The normalized spacial score (nSPS) is 18.3. The van der Waals surface area contributed by atoms with Gasteiger partial charge in [0.1, 0.15) is 0 Å². The van der Waals surface area contributed by atoms with Crippen molar-refractivity contribution < 1.29 is 9.53 Å². The van der Waals surface area contributed by atoms with Gasteiger partial charge in [-0.15, -0.1) is 24.0 Å². The summed E-state index contributed by atoms with van der Waals surface area (Å²) in [4.78, 5) is 15.6. The van der Waals surface area contributed by atoms with Crippen molar-refractivity contribution in [2.45, 2.75) is 18.1 Å². The highest BCUT2D eigenvalue weighted by molar-refractivity contribution is 14.0. The summed E-state index contributed by atoms with van der Waals surface area (Å²) in [6.45, 7) is 2.18. The van der Waals surface area contributed by atoms with Crippen LogP contribution in [0.25, 0.3) is 0 Å². The van der Waals surface area contributed by atoms with Gasteiger partial charge in [-0.1, -0.05) is 0 Å². The molecule has 6 nitrogen and oxygen atoms in total. The van der Waals surface area contributed by atoms with Gasteiger partial charge in [0.05, 0.1) is 13.2 Å². The molecule has 1 aliphatic heterocycles. The van der Waals surface area contributed by atoms with E-state index in [2.05, 4.69) is 20.9 Å². The molecule has 1 fully saturated rings. The number of nitrogens with one attached hydrogen (secondary N) is 3. The predicted octanol–water partition coefficient (Wildman–Crippen LogP) is 0.428. The number of thioether (sulfide) groups is 1. The monoisotopic (exact) mass is 416 g/mol. The number of aliphatic imine (C=N–C) groups is 1. The molecule has 1 amide bonds. The van der Waals surface area contributed by atoms with Gasteiger partial charge in [0.2, 0.25) is 5.91 Å². The van der Waals surface area contributed by atoms with Gasteiger partial charge >= 0.3 is 0 Å². The minimum atomic E-state index is -0.0600. The van der Waals surface area contributed by atoms with Crippen LogP contribution in [-0.2, 0) is 9.53 Å². The quantitative estimate of drug-likeness (QED) is 0.243. The van der Waals surface area contributed by atoms with Crippen molar-refractivity contribution in [3.63, 3.8) is 0 Å². The minimum absolute atomic E-state index is 0. The average molecular weight is 416 g/mol. The van der Waals surface area contributed by atoms with E-state index in [4.69, 9.17) is 4.74 Å². The zero-order valence-corrected chi connectivity index (χ0v) is 15.3. The molecule has 8 heteroatoms. The SMILES string of the molecule is CN=C(NCC(=O)NCCOC)NCC1CCCS1.I. The number of carbonyl (C=O) groups is 1. The number of hydrogen-bond acceptors (Lipinski definition) is 4. The molecule has 0 spiro atoms. The van der Waals surface area contributed by atoms with E-state index in [-0.39, 0.29) is 36.4 Å². The molecule has 0 aromatic rings. The van der Waals surface area contributed by atoms with E-state index in [9.17, 15) is 4.79 Å². The fourth-order valence-electron chi connectivity index (χ4n) is 1.76. The Balaban J connectivity index is 0.00000361. The molecule has 0 aromatic heterocycles. The number of hydrogen-bond donors (Lipinski definition) is 3. The zero-order valence-electron chi connectivity index (χ0n) is 12.1. The molecule has 0 aliphatic carbocycles. The van der Waals surface area contributed by atoms with Crippen molar-refractivity contribution in [3.05, 3.63) is 0 Å². The fourth-order valence-corrected chi connectivity index (χ4v) is 2.96. The molecule has 0 radical (unpaired) electrons. The van der Waals surface area contributed by atoms with E-state index in [0.717, 1.165) is 6.54 Å².